The molecule has 0 saturated carbocycles. The van der Waals surface area contributed by atoms with Crippen LogP contribution in [0.4, 0.5) is 0 Å². The summed E-state index contributed by atoms with van der Waals surface area (Å²) in [6, 6.07) is 14.8. The van der Waals surface area contributed by atoms with Crippen molar-refractivity contribution < 1.29 is 14.3 Å². The number of fused-ring (bicyclic) bond motifs is 1. The van der Waals surface area contributed by atoms with Crippen molar-refractivity contribution in [3.63, 3.8) is 0 Å². The van der Waals surface area contributed by atoms with Crippen LogP contribution in [0.5, 0.6) is 5.75 Å². The average Bonchev–Trinajstić information content (AvgIpc) is 2.65. The lowest BCUT2D eigenvalue weighted by molar-refractivity contribution is -0.123. The van der Waals surface area contributed by atoms with E-state index in [1.165, 1.54) is 0 Å². The third-order valence-corrected chi connectivity index (χ3v) is 4.16. The van der Waals surface area contributed by atoms with Crippen molar-refractivity contribution in [3.05, 3.63) is 70.9 Å². The van der Waals surface area contributed by atoms with Gasteiger partial charge in [0.2, 0.25) is 0 Å². The molecule has 3 rings (SSSR count). The highest BCUT2D eigenvalue weighted by molar-refractivity contribution is 6.06. The van der Waals surface area contributed by atoms with E-state index >= 15 is 0 Å². The second-order valence-corrected chi connectivity index (χ2v) is 6.34. The average molecular weight is 363 g/mol. The van der Waals surface area contributed by atoms with Crippen LogP contribution < -0.4 is 15.6 Å². The van der Waals surface area contributed by atoms with Crippen LogP contribution in [-0.2, 0) is 4.79 Å². The highest BCUT2D eigenvalue weighted by atomic mass is 16.5. The third kappa shape index (κ3) is 4.23. The van der Waals surface area contributed by atoms with E-state index in [9.17, 15) is 9.59 Å². The number of rotatable bonds is 4. The Morgan fingerprint density at radius 2 is 1.67 bits per heavy atom. The van der Waals surface area contributed by atoms with Gasteiger partial charge in [0.05, 0.1) is 11.1 Å². The second-order valence-electron chi connectivity index (χ2n) is 6.34. The van der Waals surface area contributed by atoms with Gasteiger partial charge in [-0.25, -0.2) is 0 Å². The summed E-state index contributed by atoms with van der Waals surface area (Å²) in [7, 11) is 0. The molecule has 0 saturated heterocycles. The maximum Gasteiger partial charge on any atom is 0.276 e. The number of nitrogens with one attached hydrogen (secondary N) is 2. The summed E-state index contributed by atoms with van der Waals surface area (Å²) in [6.45, 7) is 5.46. The van der Waals surface area contributed by atoms with Crippen molar-refractivity contribution >= 4 is 22.7 Å². The van der Waals surface area contributed by atoms with Crippen molar-refractivity contribution in [3.8, 4) is 5.75 Å². The van der Waals surface area contributed by atoms with Crippen LogP contribution in [-0.4, -0.2) is 23.4 Å². The Morgan fingerprint density at radius 3 is 2.41 bits per heavy atom. The van der Waals surface area contributed by atoms with Gasteiger partial charge < -0.3 is 4.74 Å². The molecule has 6 heteroatoms. The normalized spacial score (nSPS) is 10.5. The summed E-state index contributed by atoms with van der Waals surface area (Å²) < 4.78 is 5.58. The predicted octanol–water partition coefficient (Wildman–Crippen LogP) is 3.00. The summed E-state index contributed by atoms with van der Waals surface area (Å²) in [5, 5.41) is 0.724. The number of amides is 2. The van der Waals surface area contributed by atoms with Crippen molar-refractivity contribution in [2.75, 3.05) is 6.61 Å². The molecule has 0 spiro atoms. The fraction of sp³-hybridized carbons (Fsp3) is 0.190. The van der Waals surface area contributed by atoms with Gasteiger partial charge >= 0.3 is 0 Å². The molecule has 0 aliphatic carbocycles. The number of hydrogen-bond donors (Lipinski definition) is 2. The van der Waals surface area contributed by atoms with Crippen LogP contribution in [0, 0.1) is 20.8 Å². The molecule has 138 valence electrons. The molecule has 0 aliphatic rings. The van der Waals surface area contributed by atoms with E-state index in [-0.39, 0.29) is 6.61 Å². The molecular formula is C21H21N3O3. The minimum atomic E-state index is -0.443. The molecule has 2 aromatic carbocycles. The number of para-hydroxylation sites is 2. The number of hydrogen-bond acceptors (Lipinski definition) is 4. The maximum absolute atomic E-state index is 12.5. The largest absolute Gasteiger partial charge is 0.483 e. The predicted molar refractivity (Wildman–Crippen MR) is 103 cm³/mol. The number of carbonyl (C=O) groups excluding carboxylic acids is 2. The Morgan fingerprint density at radius 1 is 0.963 bits per heavy atom. The van der Waals surface area contributed by atoms with Crippen molar-refractivity contribution in [1.82, 2.24) is 15.8 Å². The zero-order chi connectivity index (χ0) is 19.4. The van der Waals surface area contributed by atoms with Crippen LogP contribution in [0.15, 0.2) is 48.5 Å². The van der Waals surface area contributed by atoms with Gasteiger partial charge in [-0.3, -0.25) is 25.4 Å². The number of aromatic nitrogens is 1. The molecule has 2 N–H and O–H groups in total. The van der Waals surface area contributed by atoms with Crippen LogP contribution in [0.2, 0.25) is 0 Å². The summed E-state index contributed by atoms with van der Waals surface area (Å²) in [6.07, 6.45) is 0. The molecule has 0 aliphatic heterocycles. The Hall–Kier alpha value is -3.41. The summed E-state index contributed by atoms with van der Waals surface area (Å²) in [5.41, 5.74) is 8.63. The quantitative estimate of drug-likeness (QED) is 0.699. The zero-order valence-corrected chi connectivity index (χ0v) is 15.5. The standard InChI is InChI=1S/C21H21N3O3/c1-13-7-6-8-14(2)20(13)27-12-19(25)23-24-21(26)17-11-15(3)22-18-10-5-4-9-16(17)18/h4-11H,12H2,1-3H3,(H,23,25)(H,24,26). The molecule has 3 aromatic rings. The Labute approximate surface area is 157 Å². The molecule has 27 heavy (non-hydrogen) atoms. The van der Waals surface area contributed by atoms with Crippen LogP contribution in [0.1, 0.15) is 27.2 Å². The monoisotopic (exact) mass is 363 g/mol. The lowest BCUT2D eigenvalue weighted by atomic mass is 10.1. The number of ether oxygens (including phenoxy) is 1. The maximum atomic E-state index is 12.5. The lowest BCUT2D eigenvalue weighted by Gasteiger charge is -2.13. The first-order valence-electron chi connectivity index (χ1n) is 8.60. The number of benzene rings is 2. The topological polar surface area (TPSA) is 80.3 Å². The van der Waals surface area contributed by atoms with Gasteiger partial charge in [-0.1, -0.05) is 36.4 Å². The molecule has 6 nitrogen and oxygen atoms in total. The van der Waals surface area contributed by atoms with E-state index in [4.69, 9.17) is 4.74 Å². The first kappa shape index (κ1) is 18.4. The van der Waals surface area contributed by atoms with Crippen LogP contribution >= 0.6 is 0 Å². The van der Waals surface area contributed by atoms with Crippen molar-refractivity contribution in [1.29, 1.82) is 0 Å². The van der Waals surface area contributed by atoms with Gasteiger partial charge in [-0.2, -0.15) is 0 Å². The van der Waals surface area contributed by atoms with E-state index in [0.717, 1.165) is 27.7 Å². The molecule has 0 atom stereocenters. The summed E-state index contributed by atoms with van der Waals surface area (Å²) in [4.78, 5) is 29.0. The third-order valence-electron chi connectivity index (χ3n) is 4.16. The fourth-order valence-electron chi connectivity index (χ4n) is 2.89. The minimum Gasteiger partial charge on any atom is -0.483 e. The molecule has 0 radical (unpaired) electrons. The van der Waals surface area contributed by atoms with Gasteiger partial charge in [0.25, 0.3) is 11.8 Å². The van der Waals surface area contributed by atoms with Gasteiger partial charge in [0.15, 0.2) is 6.61 Å². The molecular weight excluding hydrogens is 342 g/mol. The fourth-order valence-corrected chi connectivity index (χ4v) is 2.89. The molecule has 0 unspecified atom stereocenters. The van der Waals surface area contributed by atoms with E-state index in [2.05, 4.69) is 15.8 Å². The smallest absolute Gasteiger partial charge is 0.276 e. The summed E-state index contributed by atoms with van der Waals surface area (Å²) >= 11 is 0. The van der Waals surface area contributed by atoms with E-state index in [1.54, 1.807) is 6.07 Å². The van der Waals surface area contributed by atoms with Crippen molar-refractivity contribution in [2.45, 2.75) is 20.8 Å². The Bertz CT molecular complexity index is 994. The van der Waals surface area contributed by atoms with Crippen molar-refractivity contribution in [2.24, 2.45) is 0 Å². The highest BCUT2D eigenvalue weighted by Gasteiger charge is 2.13. The number of carbonyl (C=O) groups is 2. The molecule has 0 bridgehead atoms. The minimum absolute atomic E-state index is 0.192. The van der Waals surface area contributed by atoms with Gasteiger partial charge in [0.1, 0.15) is 5.75 Å². The molecule has 0 fully saturated rings. The second kappa shape index (κ2) is 7.86. The van der Waals surface area contributed by atoms with Crippen LogP contribution in [0.25, 0.3) is 10.9 Å². The van der Waals surface area contributed by atoms with E-state index < -0.39 is 11.8 Å². The van der Waals surface area contributed by atoms with Gasteiger partial charge in [0, 0.05) is 11.1 Å². The zero-order valence-electron chi connectivity index (χ0n) is 15.5. The highest BCUT2D eigenvalue weighted by Crippen LogP contribution is 2.22. The number of aryl methyl sites for hydroxylation is 3. The van der Waals surface area contributed by atoms with Gasteiger partial charge in [-0.15, -0.1) is 0 Å². The Kier molecular flexibility index (Phi) is 5.35. The molecule has 2 amide bonds. The number of pyridine rings is 1. The number of hydrazine groups is 1. The summed E-state index contributed by atoms with van der Waals surface area (Å²) in [5.74, 6) is -0.173. The number of nitrogens with zero attached hydrogens (tertiary/aromatic N) is 1. The Balaban J connectivity index is 1.63. The lowest BCUT2D eigenvalue weighted by Crippen LogP contribution is -2.44. The first-order valence-corrected chi connectivity index (χ1v) is 8.60. The van der Waals surface area contributed by atoms with Crippen LogP contribution in [0.3, 0.4) is 0 Å². The van der Waals surface area contributed by atoms with E-state index in [0.29, 0.717) is 11.3 Å². The van der Waals surface area contributed by atoms with E-state index in [1.807, 2.05) is 63.2 Å². The first-order chi connectivity index (χ1) is 13.0. The molecule has 1 heterocycles. The SMILES string of the molecule is Cc1cc(C(=O)NNC(=O)COc2c(C)cccc2C)c2ccccc2n1. The van der Waals surface area contributed by atoms with Gasteiger partial charge in [-0.05, 0) is 44.0 Å². The molecule has 1 aromatic heterocycles.